The molecule has 0 aromatic heterocycles. The summed E-state index contributed by atoms with van der Waals surface area (Å²) < 4.78 is 0. The maximum Gasteiger partial charge on any atom is 0.237 e. The number of carbonyl (C=O) groups excluding carboxylic acids is 2. The molecule has 0 aromatic rings. The van der Waals surface area contributed by atoms with E-state index >= 15 is 0 Å². The lowest BCUT2D eigenvalue weighted by Gasteiger charge is -2.12. The third-order valence-electron chi connectivity index (χ3n) is 1.54. The Hall–Kier alpha value is -0.550. The van der Waals surface area contributed by atoms with Crippen molar-refractivity contribution in [2.75, 3.05) is 12.0 Å². The first kappa shape index (κ1) is 12.4. The lowest BCUT2D eigenvalue weighted by molar-refractivity contribution is -0.124. The van der Waals surface area contributed by atoms with Crippen LogP contribution in [0, 0.1) is 0 Å². The fourth-order valence-electron chi connectivity index (χ4n) is 0.741. The molecule has 0 radical (unpaired) electrons. The van der Waals surface area contributed by atoms with Gasteiger partial charge in [0.2, 0.25) is 5.91 Å². The zero-order valence-corrected chi connectivity index (χ0v) is 8.76. The van der Waals surface area contributed by atoms with Gasteiger partial charge in [-0.05, 0) is 25.4 Å². The van der Waals surface area contributed by atoms with Gasteiger partial charge in [-0.1, -0.05) is 0 Å². The van der Waals surface area contributed by atoms with Crippen molar-refractivity contribution in [1.82, 2.24) is 5.32 Å². The Morgan fingerprint density at radius 2 is 2.31 bits per heavy atom. The number of nitrogens with two attached hydrogens (primary N) is 1. The number of carbonyl (C=O) groups is 2. The first-order valence-electron chi connectivity index (χ1n) is 4.12. The van der Waals surface area contributed by atoms with Gasteiger partial charge < -0.3 is 15.8 Å². The SMILES string of the molecule is CSCC[C@H](N)C(=O)N[C@@H](C)C=O. The molecule has 0 unspecified atom stereocenters. The normalized spacial score (nSPS) is 14.7. The average molecular weight is 204 g/mol. The Morgan fingerprint density at radius 3 is 2.77 bits per heavy atom. The molecule has 13 heavy (non-hydrogen) atoms. The Labute approximate surface area is 82.6 Å². The van der Waals surface area contributed by atoms with Gasteiger partial charge in [-0.15, -0.1) is 0 Å². The Kier molecular flexibility index (Phi) is 6.62. The monoisotopic (exact) mass is 204 g/mol. The Bertz CT molecular complexity index is 176. The fourth-order valence-corrected chi connectivity index (χ4v) is 1.23. The van der Waals surface area contributed by atoms with Crippen LogP contribution < -0.4 is 11.1 Å². The number of hydrogen-bond donors (Lipinski definition) is 2. The largest absolute Gasteiger partial charge is 0.346 e. The molecule has 0 bridgehead atoms. The van der Waals surface area contributed by atoms with Gasteiger partial charge in [-0.25, -0.2) is 0 Å². The van der Waals surface area contributed by atoms with Gasteiger partial charge in [-0.3, -0.25) is 4.79 Å². The predicted octanol–water partition coefficient (Wildman–Crippen LogP) is -0.230. The Balaban J connectivity index is 3.75. The molecular weight excluding hydrogens is 188 g/mol. The molecule has 0 spiro atoms. The lowest BCUT2D eigenvalue weighted by Crippen LogP contribution is -2.45. The average Bonchev–Trinajstić information content (AvgIpc) is 2.13. The second-order valence-corrected chi connectivity index (χ2v) is 3.81. The molecule has 0 fully saturated rings. The second kappa shape index (κ2) is 6.91. The highest BCUT2D eigenvalue weighted by atomic mass is 32.2. The van der Waals surface area contributed by atoms with Crippen LogP contribution in [0.4, 0.5) is 0 Å². The molecule has 0 aromatic carbocycles. The van der Waals surface area contributed by atoms with E-state index in [1.54, 1.807) is 18.7 Å². The van der Waals surface area contributed by atoms with E-state index in [1.807, 2.05) is 6.26 Å². The molecule has 0 aliphatic carbocycles. The van der Waals surface area contributed by atoms with Crippen molar-refractivity contribution in [2.45, 2.75) is 25.4 Å². The van der Waals surface area contributed by atoms with Crippen molar-refractivity contribution in [3.05, 3.63) is 0 Å². The number of hydrogen-bond acceptors (Lipinski definition) is 4. The van der Waals surface area contributed by atoms with Crippen molar-refractivity contribution in [3.63, 3.8) is 0 Å². The van der Waals surface area contributed by atoms with E-state index in [-0.39, 0.29) is 5.91 Å². The molecular formula is C8H16N2O2S. The van der Waals surface area contributed by atoms with Gasteiger partial charge in [0, 0.05) is 0 Å². The highest BCUT2D eigenvalue weighted by Gasteiger charge is 2.14. The molecule has 76 valence electrons. The molecule has 4 nitrogen and oxygen atoms in total. The van der Waals surface area contributed by atoms with Gasteiger partial charge in [0.25, 0.3) is 0 Å². The molecule has 2 atom stereocenters. The topological polar surface area (TPSA) is 72.2 Å². The van der Waals surface area contributed by atoms with E-state index in [9.17, 15) is 9.59 Å². The maximum atomic E-state index is 11.2. The molecule has 1 amide bonds. The zero-order chi connectivity index (χ0) is 10.3. The number of amides is 1. The molecule has 0 rings (SSSR count). The number of aldehydes is 1. The third-order valence-corrected chi connectivity index (χ3v) is 2.19. The van der Waals surface area contributed by atoms with Crippen LogP contribution in [0.15, 0.2) is 0 Å². The molecule has 0 saturated heterocycles. The van der Waals surface area contributed by atoms with Crippen molar-refractivity contribution in [2.24, 2.45) is 5.73 Å². The van der Waals surface area contributed by atoms with E-state index in [2.05, 4.69) is 5.32 Å². The summed E-state index contributed by atoms with van der Waals surface area (Å²) in [6.07, 6.45) is 3.27. The summed E-state index contributed by atoms with van der Waals surface area (Å²) in [6.45, 7) is 1.62. The van der Waals surface area contributed by atoms with Gasteiger partial charge in [0.1, 0.15) is 6.29 Å². The fraction of sp³-hybridized carbons (Fsp3) is 0.750. The van der Waals surface area contributed by atoms with Crippen molar-refractivity contribution >= 4 is 24.0 Å². The zero-order valence-electron chi connectivity index (χ0n) is 7.95. The summed E-state index contributed by atoms with van der Waals surface area (Å²) in [5.41, 5.74) is 5.56. The van der Waals surface area contributed by atoms with Gasteiger partial charge in [0.15, 0.2) is 0 Å². The smallest absolute Gasteiger partial charge is 0.237 e. The summed E-state index contributed by atoms with van der Waals surface area (Å²) in [5.74, 6) is 0.595. The summed E-state index contributed by atoms with van der Waals surface area (Å²) in [7, 11) is 0. The first-order valence-corrected chi connectivity index (χ1v) is 5.51. The van der Waals surface area contributed by atoms with Crippen LogP contribution in [0.2, 0.25) is 0 Å². The minimum atomic E-state index is -0.505. The van der Waals surface area contributed by atoms with Crippen molar-refractivity contribution < 1.29 is 9.59 Å². The standard InChI is InChI=1S/C8H16N2O2S/c1-6(5-11)10-8(12)7(9)3-4-13-2/h5-7H,3-4,9H2,1-2H3,(H,10,12)/t6-,7-/m0/s1. The molecule has 3 N–H and O–H groups in total. The highest BCUT2D eigenvalue weighted by Crippen LogP contribution is 1.98. The van der Waals surface area contributed by atoms with E-state index < -0.39 is 12.1 Å². The van der Waals surface area contributed by atoms with Crippen molar-refractivity contribution in [1.29, 1.82) is 0 Å². The second-order valence-electron chi connectivity index (χ2n) is 2.82. The van der Waals surface area contributed by atoms with Gasteiger partial charge >= 0.3 is 0 Å². The van der Waals surface area contributed by atoms with Crippen LogP contribution >= 0.6 is 11.8 Å². The maximum absolute atomic E-state index is 11.2. The van der Waals surface area contributed by atoms with Crippen LogP contribution in [0.3, 0.4) is 0 Å². The Morgan fingerprint density at radius 1 is 1.69 bits per heavy atom. The lowest BCUT2D eigenvalue weighted by atomic mass is 10.2. The molecule has 0 aliphatic heterocycles. The third kappa shape index (κ3) is 5.65. The number of thioether (sulfide) groups is 1. The predicted molar refractivity (Wildman–Crippen MR) is 54.6 cm³/mol. The van der Waals surface area contributed by atoms with Crippen LogP contribution in [0.25, 0.3) is 0 Å². The van der Waals surface area contributed by atoms with Crippen LogP contribution in [-0.4, -0.2) is 36.3 Å². The van der Waals surface area contributed by atoms with E-state index in [1.165, 1.54) is 0 Å². The molecule has 5 heteroatoms. The first-order chi connectivity index (χ1) is 6.11. The highest BCUT2D eigenvalue weighted by molar-refractivity contribution is 7.98. The van der Waals surface area contributed by atoms with Crippen molar-refractivity contribution in [3.8, 4) is 0 Å². The van der Waals surface area contributed by atoms with E-state index in [0.717, 1.165) is 5.75 Å². The van der Waals surface area contributed by atoms with Gasteiger partial charge in [-0.2, -0.15) is 11.8 Å². The summed E-state index contributed by atoms with van der Waals surface area (Å²) >= 11 is 1.64. The summed E-state index contributed by atoms with van der Waals surface area (Å²) in [5, 5.41) is 2.50. The molecule has 0 aliphatic rings. The number of nitrogens with one attached hydrogen (secondary N) is 1. The minimum absolute atomic E-state index is 0.256. The quantitative estimate of drug-likeness (QED) is 0.586. The van der Waals surface area contributed by atoms with Crippen LogP contribution in [-0.2, 0) is 9.59 Å². The summed E-state index contributed by atoms with van der Waals surface area (Å²) in [4.78, 5) is 21.4. The van der Waals surface area contributed by atoms with E-state index in [0.29, 0.717) is 12.7 Å². The van der Waals surface area contributed by atoms with Gasteiger partial charge in [0.05, 0.1) is 12.1 Å². The van der Waals surface area contributed by atoms with E-state index in [4.69, 9.17) is 5.73 Å². The van der Waals surface area contributed by atoms with Crippen LogP contribution in [0.1, 0.15) is 13.3 Å². The molecule has 0 heterocycles. The van der Waals surface area contributed by atoms with Crippen LogP contribution in [0.5, 0.6) is 0 Å². The summed E-state index contributed by atoms with van der Waals surface area (Å²) in [6, 6.07) is -0.956. The minimum Gasteiger partial charge on any atom is -0.346 e. The number of rotatable bonds is 6. The molecule has 0 saturated carbocycles.